The van der Waals surface area contributed by atoms with E-state index in [1.54, 1.807) is 35.4 Å². The third-order valence-electron chi connectivity index (χ3n) is 4.36. The van der Waals surface area contributed by atoms with Crippen LogP contribution in [-0.4, -0.2) is 35.8 Å². The zero-order valence-electron chi connectivity index (χ0n) is 17.4. The summed E-state index contributed by atoms with van der Waals surface area (Å²) in [4.78, 5) is 17.8. The molecule has 0 saturated heterocycles. The van der Waals surface area contributed by atoms with E-state index >= 15 is 0 Å². The van der Waals surface area contributed by atoms with E-state index in [1.165, 1.54) is 0 Å². The Labute approximate surface area is 179 Å². The third kappa shape index (κ3) is 4.64. The molecule has 0 aromatic carbocycles. The quantitative estimate of drug-likeness (QED) is 0.492. The Morgan fingerprint density at radius 1 is 1.06 bits per heavy atom. The molecule has 0 unspecified atom stereocenters. The highest BCUT2D eigenvalue weighted by Crippen LogP contribution is 2.29. The van der Waals surface area contributed by atoms with Gasteiger partial charge in [0.1, 0.15) is 23.4 Å². The summed E-state index contributed by atoms with van der Waals surface area (Å²) in [5.74, 6) is 1.82. The van der Waals surface area contributed by atoms with Gasteiger partial charge in [-0.15, -0.1) is 0 Å². The van der Waals surface area contributed by atoms with Crippen molar-refractivity contribution >= 4 is 17.3 Å². The molecule has 9 nitrogen and oxygen atoms in total. The molecule has 154 valence electrons. The molecule has 0 aliphatic carbocycles. The number of nitriles is 1. The van der Waals surface area contributed by atoms with Gasteiger partial charge in [-0.2, -0.15) is 10.4 Å². The van der Waals surface area contributed by atoms with Crippen LogP contribution in [0.5, 0.6) is 0 Å². The van der Waals surface area contributed by atoms with Crippen LogP contribution in [0, 0.1) is 11.3 Å². The second-order valence-corrected chi connectivity index (χ2v) is 7.23. The number of aryl methyl sites for hydroxylation is 1. The lowest BCUT2D eigenvalue weighted by molar-refractivity contribution is 0.768. The molecule has 4 aromatic heterocycles. The molecule has 0 aliphatic rings. The summed E-state index contributed by atoms with van der Waals surface area (Å²) in [7, 11) is 1.85. The van der Waals surface area contributed by atoms with Crippen LogP contribution in [0.25, 0.3) is 22.6 Å². The van der Waals surface area contributed by atoms with Crippen molar-refractivity contribution in [2.24, 2.45) is 7.05 Å². The molecule has 4 heterocycles. The van der Waals surface area contributed by atoms with Crippen LogP contribution in [0.3, 0.4) is 0 Å². The van der Waals surface area contributed by atoms with Crippen molar-refractivity contribution in [2.75, 3.05) is 10.6 Å². The molecule has 0 radical (unpaired) electrons. The molecule has 0 atom stereocenters. The molecule has 0 saturated carbocycles. The molecular formula is C22H21N9. The Morgan fingerprint density at radius 3 is 2.68 bits per heavy atom. The number of rotatable bonds is 6. The minimum atomic E-state index is 0.199. The van der Waals surface area contributed by atoms with Gasteiger partial charge in [-0.25, -0.2) is 19.9 Å². The van der Waals surface area contributed by atoms with E-state index in [2.05, 4.69) is 55.6 Å². The van der Waals surface area contributed by atoms with Crippen molar-refractivity contribution < 1.29 is 0 Å². The Bertz CT molecular complexity index is 1250. The highest BCUT2D eigenvalue weighted by atomic mass is 15.2. The molecule has 4 aromatic rings. The highest BCUT2D eigenvalue weighted by molar-refractivity contribution is 5.78. The summed E-state index contributed by atoms with van der Waals surface area (Å²) in [6.07, 6.45) is 7.01. The van der Waals surface area contributed by atoms with E-state index < -0.39 is 0 Å². The van der Waals surface area contributed by atoms with E-state index in [0.717, 1.165) is 16.8 Å². The largest absolute Gasteiger partial charge is 0.382 e. The first kappa shape index (κ1) is 20.0. The second-order valence-electron chi connectivity index (χ2n) is 7.23. The average Bonchev–Trinajstić information content (AvgIpc) is 3.20. The maximum absolute atomic E-state index is 9.17. The molecule has 0 fully saturated rings. The molecule has 0 amide bonds. The molecule has 9 heteroatoms. The number of nitrogens with zero attached hydrogens (tertiary/aromatic N) is 7. The van der Waals surface area contributed by atoms with E-state index in [0.29, 0.717) is 28.8 Å². The third-order valence-corrected chi connectivity index (χ3v) is 4.36. The minimum Gasteiger partial charge on any atom is -0.382 e. The monoisotopic (exact) mass is 411 g/mol. The number of nitrogens with one attached hydrogen (secondary N) is 2. The van der Waals surface area contributed by atoms with Crippen molar-refractivity contribution in [2.45, 2.75) is 19.9 Å². The van der Waals surface area contributed by atoms with Crippen LogP contribution in [-0.2, 0) is 7.05 Å². The van der Waals surface area contributed by atoms with Gasteiger partial charge >= 0.3 is 0 Å². The summed E-state index contributed by atoms with van der Waals surface area (Å²) >= 11 is 0. The lowest BCUT2D eigenvalue weighted by Gasteiger charge is -2.16. The number of anilines is 3. The Morgan fingerprint density at radius 2 is 1.94 bits per heavy atom. The van der Waals surface area contributed by atoms with Gasteiger partial charge in [0.2, 0.25) is 0 Å². The van der Waals surface area contributed by atoms with Gasteiger partial charge in [-0.3, -0.25) is 4.68 Å². The SMILES string of the molecule is CC(C)Nc1cc(Nc2ccnc(-c3cnn(C)c3)n2)ncc1-c1cccc(C#N)n1. The molecule has 0 bridgehead atoms. The van der Waals surface area contributed by atoms with Gasteiger partial charge in [0.15, 0.2) is 5.82 Å². The van der Waals surface area contributed by atoms with Gasteiger partial charge in [-0.1, -0.05) is 6.07 Å². The van der Waals surface area contributed by atoms with Crippen molar-refractivity contribution in [1.29, 1.82) is 5.26 Å². The van der Waals surface area contributed by atoms with Crippen LogP contribution in [0.4, 0.5) is 17.3 Å². The lowest BCUT2D eigenvalue weighted by Crippen LogP contribution is -2.11. The molecule has 31 heavy (non-hydrogen) atoms. The number of aromatic nitrogens is 6. The molecule has 0 spiro atoms. The fraction of sp³-hybridized carbons (Fsp3) is 0.182. The van der Waals surface area contributed by atoms with Crippen LogP contribution < -0.4 is 10.6 Å². The summed E-state index contributed by atoms with van der Waals surface area (Å²) in [6, 6.07) is 11.3. The molecule has 0 aliphatic heterocycles. The van der Waals surface area contributed by atoms with Gasteiger partial charge < -0.3 is 10.6 Å². The van der Waals surface area contributed by atoms with Crippen LogP contribution in [0.1, 0.15) is 19.5 Å². The topological polar surface area (TPSA) is 117 Å². The Hall–Kier alpha value is -4.32. The Kier molecular flexibility index (Phi) is 5.53. The second kappa shape index (κ2) is 8.59. The normalized spacial score (nSPS) is 10.7. The first-order valence-corrected chi connectivity index (χ1v) is 9.75. The van der Waals surface area contributed by atoms with E-state index in [1.807, 2.05) is 31.4 Å². The smallest absolute Gasteiger partial charge is 0.164 e. The van der Waals surface area contributed by atoms with Gasteiger partial charge in [0.25, 0.3) is 0 Å². The fourth-order valence-electron chi connectivity index (χ4n) is 3.04. The Balaban J connectivity index is 1.66. The van der Waals surface area contributed by atoms with Crippen molar-refractivity contribution in [3.05, 3.63) is 60.8 Å². The standard InChI is InChI=1S/C22H21N9/c1-14(2)27-19-9-21(25-12-17(19)18-6-4-5-16(10-23)28-18)29-20-7-8-24-22(30-20)15-11-26-31(3)13-15/h4-9,11-14H,1-3H3,(H2,24,25,27,29,30). The van der Waals surface area contributed by atoms with Crippen LogP contribution >= 0.6 is 0 Å². The first-order valence-electron chi connectivity index (χ1n) is 9.75. The molecular weight excluding hydrogens is 390 g/mol. The van der Waals surface area contributed by atoms with Gasteiger partial charge in [0.05, 0.1) is 17.5 Å². The molecule has 4 rings (SSSR count). The van der Waals surface area contributed by atoms with E-state index in [9.17, 15) is 0 Å². The fourth-order valence-corrected chi connectivity index (χ4v) is 3.04. The zero-order chi connectivity index (χ0) is 21.8. The highest BCUT2D eigenvalue weighted by Gasteiger charge is 2.12. The number of hydrogen-bond donors (Lipinski definition) is 2. The summed E-state index contributed by atoms with van der Waals surface area (Å²) < 4.78 is 1.71. The van der Waals surface area contributed by atoms with Gasteiger partial charge in [0, 0.05) is 49.0 Å². The van der Waals surface area contributed by atoms with Crippen molar-refractivity contribution in [1.82, 2.24) is 29.7 Å². The summed E-state index contributed by atoms with van der Waals surface area (Å²) in [5.41, 5.74) is 3.55. The van der Waals surface area contributed by atoms with Crippen LogP contribution in [0.15, 0.2) is 55.1 Å². The summed E-state index contributed by atoms with van der Waals surface area (Å²) in [6.45, 7) is 4.11. The van der Waals surface area contributed by atoms with E-state index in [4.69, 9.17) is 5.26 Å². The van der Waals surface area contributed by atoms with Crippen LogP contribution in [0.2, 0.25) is 0 Å². The lowest BCUT2D eigenvalue weighted by atomic mass is 10.1. The molecule has 2 N–H and O–H groups in total. The predicted molar refractivity (Wildman–Crippen MR) is 118 cm³/mol. The first-order chi connectivity index (χ1) is 15.0. The predicted octanol–water partition coefficient (Wildman–Crippen LogP) is 3.77. The van der Waals surface area contributed by atoms with Crippen molar-refractivity contribution in [3.8, 4) is 28.7 Å². The van der Waals surface area contributed by atoms with E-state index in [-0.39, 0.29) is 6.04 Å². The maximum Gasteiger partial charge on any atom is 0.164 e. The minimum absolute atomic E-state index is 0.199. The zero-order valence-corrected chi connectivity index (χ0v) is 17.4. The summed E-state index contributed by atoms with van der Waals surface area (Å²) in [5, 5.41) is 20.0. The van der Waals surface area contributed by atoms with Crippen molar-refractivity contribution in [3.63, 3.8) is 0 Å². The average molecular weight is 411 g/mol. The number of pyridine rings is 2. The maximum atomic E-state index is 9.17. The number of hydrogen-bond acceptors (Lipinski definition) is 8. The van der Waals surface area contributed by atoms with Gasteiger partial charge in [-0.05, 0) is 32.0 Å².